The molecule has 0 saturated carbocycles. The largest absolute Gasteiger partial charge is 0.309 e. The molecule has 0 radical (unpaired) electrons. The third kappa shape index (κ3) is 4.31. The molecule has 0 amide bonds. The lowest BCUT2D eigenvalue weighted by Crippen LogP contribution is -2.02. The number of benzene rings is 7. The summed E-state index contributed by atoms with van der Waals surface area (Å²) in [7, 11) is 0. The Morgan fingerprint density at radius 1 is 0.480 bits per heavy atom. The number of hydrogen-bond donors (Lipinski definition) is 0. The smallest absolute Gasteiger partial charge is 0.188 e. The first-order valence-corrected chi connectivity index (χ1v) is 16.3. The van der Waals surface area contributed by atoms with E-state index in [4.69, 9.17) is 6.57 Å². The van der Waals surface area contributed by atoms with Gasteiger partial charge >= 0.3 is 0 Å². The minimum atomic E-state index is 0.554. The van der Waals surface area contributed by atoms with Crippen LogP contribution in [0.2, 0.25) is 0 Å². The molecule has 0 N–H and O–H groups in total. The first kappa shape index (κ1) is 28.8. The van der Waals surface area contributed by atoms with Gasteiger partial charge in [0.2, 0.25) is 0 Å². The van der Waals surface area contributed by atoms with Crippen LogP contribution in [-0.4, -0.2) is 9.13 Å². The zero-order valence-electron chi connectivity index (χ0n) is 26.7. The minimum Gasteiger partial charge on any atom is -0.309 e. The highest BCUT2D eigenvalue weighted by Gasteiger charge is 2.21. The summed E-state index contributed by atoms with van der Waals surface area (Å²) in [5, 5.41) is 24.3. The van der Waals surface area contributed by atoms with E-state index in [0.717, 1.165) is 77.2 Å². The van der Waals surface area contributed by atoms with E-state index in [-0.39, 0.29) is 0 Å². The van der Waals surface area contributed by atoms with E-state index in [1.54, 1.807) is 0 Å². The van der Waals surface area contributed by atoms with Gasteiger partial charge in [-0.15, -0.1) is 0 Å². The molecule has 50 heavy (non-hydrogen) atoms. The second-order valence-corrected chi connectivity index (χ2v) is 12.3. The Hall–Kier alpha value is -7.39. The Labute approximate surface area is 288 Å². The van der Waals surface area contributed by atoms with Crippen LogP contribution < -0.4 is 0 Å². The SMILES string of the molecule is [C-]#[N+]c1ccc2c(c1)c1ccccc1n2-c1ccc(-c2cccc(C#N)c2-n2c3ccccc3c3cc(C#N)ccc32)cc1-c1ccccc1. The fourth-order valence-corrected chi connectivity index (χ4v) is 7.43. The van der Waals surface area contributed by atoms with Crippen molar-refractivity contribution in [3.63, 3.8) is 0 Å². The van der Waals surface area contributed by atoms with E-state index in [1.807, 2.05) is 72.8 Å². The molecular weight excluding hydrogens is 611 g/mol. The monoisotopic (exact) mass is 635 g/mol. The number of hydrogen-bond acceptors (Lipinski definition) is 2. The van der Waals surface area contributed by atoms with Crippen LogP contribution in [-0.2, 0) is 0 Å². The molecule has 0 atom stereocenters. The minimum absolute atomic E-state index is 0.554. The van der Waals surface area contributed by atoms with E-state index in [9.17, 15) is 10.5 Å². The highest BCUT2D eigenvalue weighted by atomic mass is 15.0. The van der Waals surface area contributed by atoms with Crippen LogP contribution in [0.4, 0.5) is 5.69 Å². The van der Waals surface area contributed by atoms with Crippen molar-refractivity contribution in [2.45, 2.75) is 0 Å². The van der Waals surface area contributed by atoms with E-state index in [0.29, 0.717) is 16.8 Å². The Balaban J connectivity index is 1.35. The fraction of sp³-hybridized carbons (Fsp3) is 0. The summed E-state index contributed by atoms with van der Waals surface area (Å²) in [6.45, 7) is 7.64. The second kappa shape index (κ2) is 11.4. The van der Waals surface area contributed by atoms with Crippen molar-refractivity contribution >= 4 is 49.3 Å². The van der Waals surface area contributed by atoms with Crippen LogP contribution in [0, 0.1) is 29.2 Å². The van der Waals surface area contributed by atoms with Crippen molar-refractivity contribution in [3.8, 4) is 45.8 Å². The van der Waals surface area contributed by atoms with Gasteiger partial charge in [0.15, 0.2) is 5.69 Å². The number of nitriles is 2. The molecule has 9 aromatic rings. The summed E-state index contributed by atoms with van der Waals surface area (Å²) < 4.78 is 4.45. The molecule has 0 aliphatic heterocycles. The Bertz CT molecular complexity index is 2960. The van der Waals surface area contributed by atoms with Crippen molar-refractivity contribution in [3.05, 3.63) is 174 Å². The first-order chi connectivity index (χ1) is 24.7. The van der Waals surface area contributed by atoms with Crippen LogP contribution in [0.1, 0.15) is 11.1 Å². The van der Waals surface area contributed by atoms with Crippen molar-refractivity contribution < 1.29 is 0 Å². The average molecular weight is 636 g/mol. The normalized spacial score (nSPS) is 11.1. The molecule has 7 aromatic carbocycles. The molecule has 0 bridgehead atoms. The summed E-state index contributed by atoms with van der Waals surface area (Å²) >= 11 is 0. The Morgan fingerprint density at radius 2 is 1.14 bits per heavy atom. The summed E-state index contributed by atoms with van der Waals surface area (Å²) in [5.74, 6) is 0. The molecule has 9 rings (SSSR count). The van der Waals surface area contributed by atoms with Crippen LogP contribution in [0.15, 0.2) is 152 Å². The summed E-state index contributed by atoms with van der Waals surface area (Å²) in [4.78, 5) is 3.71. The molecule has 2 heterocycles. The fourth-order valence-electron chi connectivity index (χ4n) is 7.43. The molecule has 0 fully saturated rings. The molecule has 0 spiro atoms. The summed E-state index contributed by atoms with van der Waals surface area (Å²) in [6, 6.07) is 55.7. The zero-order valence-corrected chi connectivity index (χ0v) is 26.7. The molecule has 5 nitrogen and oxygen atoms in total. The maximum Gasteiger partial charge on any atom is 0.188 e. The highest BCUT2D eigenvalue weighted by Crippen LogP contribution is 2.42. The van der Waals surface area contributed by atoms with Gasteiger partial charge in [0.25, 0.3) is 0 Å². The molecular formula is C45H25N5. The average Bonchev–Trinajstić information content (AvgIpc) is 3.69. The third-order valence-electron chi connectivity index (χ3n) is 9.60. The quantitative estimate of drug-likeness (QED) is 0.181. The maximum atomic E-state index is 10.5. The van der Waals surface area contributed by atoms with Crippen LogP contribution >= 0.6 is 0 Å². The van der Waals surface area contributed by atoms with Crippen molar-refractivity contribution in [2.75, 3.05) is 0 Å². The number of nitrogens with zero attached hydrogens (tertiary/aromatic N) is 5. The predicted octanol–water partition coefficient (Wildman–Crippen LogP) is 11.5. The van der Waals surface area contributed by atoms with E-state index >= 15 is 0 Å². The van der Waals surface area contributed by atoms with Crippen molar-refractivity contribution in [2.24, 2.45) is 0 Å². The lowest BCUT2D eigenvalue weighted by molar-refractivity contribution is 1.16. The molecule has 0 unspecified atom stereocenters. The Morgan fingerprint density at radius 3 is 1.88 bits per heavy atom. The van der Waals surface area contributed by atoms with Gasteiger partial charge in [-0.3, -0.25) is 0 Å². The van der Waals surface area contributed by atoms with Gasteiger partial charge in [-0.25, -0.2) is 4.85 Å². The molecule has 0 saturated heterocycles. The predicted molar refractivity (Wildman–Crippen MR) is 202 cm³/mol. The van der Waals surface area contributed by atoms with Gasteiger partial charge in [-0.2, -0.15) is 10.5 Å². The topological polar surface area (TPSA) is 61.8 Å². The van der Waals surface area contributed by atoms with Gasteiger partial charge in [-0.1, -0.05) is 91.0 Å². The third-order valence-corrected chi connectivity index (χ3v) is 9.60. The van der Waals surface area contributed by atoms with Gasteiger partial charge in [0.05, 0.1) is 57.2 Å². The van der Waals surface area contributed by atoms with Crippen LogP contribution in [0.5, 0.6) is 0 Å². The standard InChI is InChI=1S/C45H25N5/c1-48-33-20-23-43-39(26-33)36-14-5-7-16-40(36)49(43)42-22-19-31(25-37(42)30-10-3-2-4-11-30)34-15-9-12-32(28-47)45(34)50-41-17-8-6-13-35(41)38-24-29(27-46)18-21-44(38)50/h2-26H. The molecule has 0 aliphatic rings. The van der Waals surface area contributed by atoms with Gasteiger partial charge in [0.1, 0.15) is 6.07 Å². The number of fused-ring (bicyclic) bond motifs is 6. The van der Waals surface area contributed by atoms with Crippen molar-refractivity contribution in [1.29, 1.82) is 10.5 Å². The second-order valence-electron chi connectivity index (χ2n) is 12.3. The van der Waals surface area contributed by atoms with E-state index < -0.39 is 0 Å². The highest BCUT2D eigenvalue weighted by molar-refractivity contribution is 6.12. The number of rotatable bonds is 4. The lowest BCUT2D eigenvalue weighted by Gasteiger charge is -2.19. The van der Waals surface area contributed by atoms with E-state index in [2.05, 4.69) is 105 Å². The number of aromatic nitrogens is 2. The van der Waals surface area contributed by atoms with Crippen LogP contribution in [0.25, 0.3) is 82.1 Å². The number of para-hydroxylation sites is 3. The summed E-state index contributed by atoms with van der Waals surface area (Å²) in [5.41, 5.74) is 11.5. The van der Waals surface area contributed by atoms with Crippen molar-refractivity contribution in [1.82, 2.24) is 9.13 Å². The lowest BCUT2D eigenvalue weighted by atomic mass is 9.94. The Kier molecular flexibility index (Phi) is 6.56. The molecule has 5 heteroatoms. The van der Waals surface area contributed by atoms with Gasteiger partial charge in [-0.05, 0) is 77.2 Å². The first-order valence-electron chi connectivity index (χ1n) is 16.3. The molecule has 2 aromatic heterocycles. The molecule has 0 aliphatic carbocycles. The van der Waals surface area contributed by atoms with Gasteiger partial charge in [0, 0.05) is 27.3 Å². The van der Waals surface area contributed by atoms with Gasteiger partial charge < -0.3 is 9.13 Å². The maximum absolute atomic E-state index is 10.5. The molecule has 230 valence electrons. The summed E-state index contributed by atoms with van der Waals surface area (Å²) in [6.07, 6.45) is 0. The van der Waals surface area contributed by atoms with E-state index in [1.165, 1.54) is 0 Å². The van der Waals surface area contributed by atoms with Crippen LogP contribution in [0.3, 0.4) is 0 Å². The zero-order chi connectivity index (χ0) is 33.8.